The topological polar surface area (TPSA) is 228 Å². The fourth-order valence-electron chi connectivity index (χ4n) is 0. The Hall–Kier alpha value is 1.86. The average molecular weight is 261 g/mol. The van der Waals surface area contributed by atoms with E-state index >= 15 is 0 Å². The monoisotopic (exact) mass is 260 g/mol. The van der Waals surface area contributed by atoms with Crippen LogP contribution in [0.3, 0.4) is 0 Å². The molecule has 0 fully saturated rings. The summed E-state index contributed by atoms with van der Waals surface area (Å²) in [6.45, 7) is 0. The quantitative estimate of drug-likeness (QED) is 0.400. The second kappa shape index (κ2) is 661. The van der Waals surface area contributed by atoms with E-state index < -0.39 is 0 Å². The second-order valence-corrected chi connectivity index (χ2v) is 0. The Balaban J connectivity index is 0. The smallest absolute Gasteiger partial charge is 2.00 e. The van der Waals surface area contributed by atoms with E-state index in [-0.39, 0.29) is 123 Å². The van der Waals surface area contributed by atoms with Gasteiger partial charge in [0.1, 0.15) is 0 Å². The second-order valence-electron chi connectivity index (χ2n) is 0. The molecule has 0 atom stereocenters. The summed E-state index contributed by atoms with van der Waals surface area (Å²) in [6, 6.07) is 0. The van der Waals surface area contributed by atoms with Crippen LogP contribution in [0.15, 0.2) is 0 Å². The van der Waals surface area contributed by atoms with Crippen molar-refractivity contribution in [3.63, 3.8) is 0 Å². The van der Waals surface area contributed by atoms with Gasteiger partial charge in [-0.15, -0.1) is 0 Å². The number of hydrogen-bond acceptors (Lipinski definition) is 0. The molecule has 0 aliphatic rings. The Morgan fingerprint density at radius 1 is 0.308 bits per heavy atom. The van der Waals surface area contributed by atoms with Crippen LogP contribution in [0.2, 0.25) is 0 Å². The minimum Gasteiger partial charge on any atom is -2.00 e. The Labute approximate surface area is 122 Å². The van der Waals surface area contributed by atoms with E-state index in [0.717, 1.165) is 0 Å². The van der Waals surface area contributed by atoms with Gasteiger partial charge < -0.3 is 43.8 Å². The Kier molecular flexibility index (Phi) is 41800. The largest absolute Gasteiger partial charge is 2.00 e. The van der Waals surface area contributed by atoms with E-state index in [2.05, 4.69) is 0 Å². The molecule has 0 bridgehead atoms. The van der Waals surface area contributed by atoms with Gasteiger partial charge >= 0.3 is 23.1 Å². The SMILES string of the molecule is [Mg+2].[Mg].[O-2].[O-2].[O-2].[O-2].[O-2].[O-2].[O-2].[O-2].[Si].[Si].[Si]. The standard InChI is InChI=1S/2Mg.8O.3Si/q;+2;8*-2;;;. The predicted molar refractivity (Wildman–Crippen MR) is 34.3 cm³/mol. The predicted octanol–water partition coefficient (Wildman–Crippen LogP) is -2.85. The molecule has 0 aromatic carbocycles. The van der Waals surface area contributed by atoms with Gasteiger partial charge in [-0.25, -0.2) is 0 Å². The molecule has 8 nitrogen and oxygen atoms in total. The van der Waals surface area contributed by atoms with Gasteiger partial charge in [0.15, 0.2) is 0 Å². The van der Waals surface area contributed by atoms with E-state index in [4.69, 9.17) is 0 Å². The maximum Gasteiger partial charge on any atom is 2.00 e. The van der Waals surface area contributed by atoms with Crippen LogP contribution < -0.4 is 0 Å². The van der Waals surface area contributed by atoms with Crippen LogP contribution in [0.25, 0.3) is 0 Å². The summed E-state index contributed by atoms with van der Waals surface area (Å²) in [5.74, 6) is 0. The Bertz CT molecular complexity index is 17.4. The van der Waals surface area contributed by atoms with Gasteiger partial charge in [-0.3, -0.25) is 0 Å². The van der Waals surface area contributed by atoms with Gasteiger partial charge in [0.2, 0.25) is 0 Å². The third-order valence-corrected chi connectivity index (χ3v) is 0. The molecule has 0 aliphatic carbocycles. The van der Waals surface area contributed by atoms with Crippen LogP contribution in [-0.2, 0) is 43.8 Å². The van der Waals surface area contributed by atoms with Crippen molar-refractivity contribution in [1.29, 1.82) is 0 Å². The van der Waals surface area contributed by atoms with Crippen molar-refractivity contribution in [2.75, 3.05) is 0 Å². The molecule has 0 spiro atoms. The molecule has 13 heteroatoms. The zero-order valence-electron chi connectivity index (χ0n) is 6.18. The van der Waals surface area contributed by atoms with Crippen molar-refractivity contribution in [3.8, 4) is 0 Å². The summed E-state index contributed by atoms with van der Waals surface area (Å²) in [4.78, 5) is 0. The molecule has 0 aromatic rings. The van der Waals surface area contributed by atoms with Crippen LogP contribution in [-0.4, -0.2) is 79.0 Å². The van der Waals surface area contributed by atoms with Gasteiger partial charge in [-0.2, -0.15) is 0 Å². The summed E-state index contributed by atoms with van der Waals surface area (Å²) < 4.78 is 0. The first kappa shape index (κ1) is 823. The van der Waals surface area contributed by atoms with Crippen LogP contribution in [0.1, 0.15) is 0 Å². The first-order valence-electron chi connectivity index (χ1n) is 0. The molecule has 0 heterocycles. The van der Waals surface area contributed by atoms with Gasteiger partial charge in [-0.1, -0.05) is 0 Å². The average Bonchev–Trinajstić information content (AvgIpc) is 0. The summed E-state index contributed by atoms with van der Waals surface area (Å²) in [5.41, 5.74) is 0. The summed E-state index contributed by atoms with van der Waals surface area (Å²) in [5, 5.41) is 0. The van der Waals surface area contributed by atoms with E-state index in [0.29, 0.717) is 0 Å². The molecule has 14 radical (unpaired) electrons. The minimum atomic E-state index is 0. The van der Waals surface area contributed by atoms with Crippen LogP contribution in [0.4, 0.5) is 0 Å². The Morgan fingerprint density at radius 2 is 0.308 bits per heavy atom. The van der Waals surface area contributed by atoms with Gasteiger partial charge in [-0.05, 0) is 0 Å². The zero-order chi connectivity index (χ0) is 0. The Morgan fingerprint density at radius 3 is 0.308 bits per heavy atom. The normalized spacial score (nSPS) is 0. The third-order valence-electron chi connectivity index (χ3n) is 0. The van der Waals surface area contributed by atoms with Gasteiger partial charge in [0, 0.05) is 55.9 Å². The maximum atomic E-state index is 0. The first-order valence-corrected chi connectivity index (χ1v) is 0. The fourth-order valence-corrected chi connectivity index (χ4v) is 0. The molecule has 0 saturated heterocycles. The van der Waals surface area contributed by atoms with Crippen molar-refractivity contribution in [2.45, 2.75) is 0 Å². The van der Waals surface area contributed by atoms with E-state index in [1.165, 1.54) is 0 Å². The molecule has 0 N–H and O–H groups in total. The summed E-state index contributed by atoms with van der Waals surface area (Å²) >= 11 is 0. The zero-order valence-corrected chi connectivity index (χ0v) is 12.0. The molecule has 0 rings (SSSR count). The molecule has 78 valence electrons. The molecular weight excluding hydrogens is 261 g/mol. The van der Waals surface area contributed by atoms with Crippen molar-refractivity contribution < 1.29 is 43.8 Å². The van der Waals surface area contributed by atoms with Crippen molar-refractivity contribution in [3.05, 3.63) is 0 Å². The van der Waals surface area contributed by atoms with Crippen molar-refractivity contribution >= 4 is 79.0 Å². The molecular formula is Mg2O8Si3-14. The summed E-state index contributed by atoms with van der Waals surface area (Å²) in [6.07, 6.45) is 0. The molecule has 13 heavy (non-hydrogen) atoms. The summed E-state index contributed by atoms with van der Waals surface area (Å²) in [7, 11) is 0. The molecule has 0 aliphatic heterocycles. The number of rotatable bonds is 0. The van der Waals surface area contributed by atoms with E-state index in [1.807, 2.05) is 0 Å². The van der Waals surface area contributed by atoms with E-state index in [9.17, 15) is 0 Å². The molecule has 0 unspecified atom stereocenters. The van der Waals surface area contributed by atoms with Gasteiger partial charge in [0.25, 0.3) is 0 Å². The van der Waals surface area contributed by atoms with Crippen LogP contribution >= 0.6 is 0 Å². The van der Waals surface area contributed by atoms with Crippen molar-refractivity contribution in [2.24, 2.45) is 0 Å². The van der Waals surface area contributed by atoms with Crippen LogP contribution in [0.5, 0.6) is 0 Å². The van der Waals surface area contributed by atoms with E-state index in [1.54, 1.807) is 0 Å². The molecule has 0 aromatic heterocycles. The maximum absolute atomic E-state index is 0. The molecule has 0 saturated carbocycles. The van der Waals surface area contributed by atoms with Crippen molar-refractivity contribution in [1.82, 2.24) is 0 Å². The first-order chi connectivity index (χ1) is 0. The number of hydrogen-bond donors (Lipinski definition) is 0. The minimum absolute atomic E-state index is 0. The third kappa shape index (κ3) is 562. The van der Waals surface area contributed by atoms with Crippen LogP contribution in [0, 0.1) is 0 Å². The fraction of sp³-hybridized carbons (Fsp3) is 0. The molecule has 0 amide bonds. The van der Waals surface area contributed by atoms with Gasteiger partial charge in [0.05, 0.1) is 0 Å².